The van der Waals surface area contributed by atoms with Gasteiger partial charge in [-0.25, -0.2) is 0 Å². The first-order valence-corrected chi connectivity index (χ1v) is 14.5. The van der Waals surface area contributed by atoms with Crippen LogP contribution in [0.4, 0.5) is 11.4 Å². The number of hydrogen-bond acceptors (Lipinski definition) is 6. The molecular formula is C31H47N5O3. The molecule has 3 N–H and O–H groups in total. The molecule has 1 aliphatic carbocycles. The van der Waals surface area contributed by atoms with Crippen molar-refractivity contribution in [3.8, 4) is 5.75 Å². The van der Waals surface area contributed by atoms with E-state index in [1.807, 2.05) is 48.5 Å². The van der Waals surface area contributed by atoms with Gasteiger partial charge in [0.25, 0.3) is 5.91 Å². The molecule has 0 bridgehead atoms. The summed E-state index contributed by atoms with van der Waals surface area (Å²) in [5.41, 5.74) is 2.67. The molecule has 1 aliphatic heterocycles. The Hall–Kier alpha value is -3.26. The van der Waals surface area contributed by atoms with Crippen molar-refractivity contribution in [2.45, 2.75) is 58.1 Å². The van der Waals surface area contributed by atoms with Crippen LogP contribution in [0.3, 0.4) is 0 Å². The Labute approximate surface area is 235 Å². The van der Waals surface area contributed by atoms with Gasteiger partial charge in [0, 0.05) is 57.6 Å². The van der Waals surface area contributed by atoms with Crippen molar-refractivity contribution in [2.75, 3.05) is 56.5 Å². The van der Waals surface area contributed by atoms with Crippen molar-refractivity contribution in [1.29, 1.82) is 0 Å². The lowest BCUT2D eigenvalue weighted by Gasteiger charge is -2.34. The average molecular weight is 538 g/mol. The van der Waals surface area contributed by atoms with Gasteiger partial charge in [-0.1, -0.05) is 13.8 Å². The molecule has 4 rings (SSSR count). The van der Waals surface area contributed by atoms with Crippen LogP contribution in [0, 0.1) is 5.92 Å². The number of amides is 2. The van der Waals surface area contributed by atoms with Crippen LogP contribution in [0.25, 0.3) is 0 Å². The van der Waals surface area contributed by atoms with Crippen LogP contribution in [0.2, 0.25) is 0 Å². The third kappa shape index (κ3) is 8.88. The molecule has 2 amide bonds. The Morgan fingerprint density at radius 2 is 1.62 bits per heavy atom. The molecule has 1 saturated carbocycles. The summed E-state index contributed by atoms with van der Waals surface area (Å²) < 4.78 is 6.02. The van der Waals surface area contributed by atoms with Gasteiger partial charge in [-0.3, -0.25) is 9.59 Å². The summed E-state index contributed by atoms with van der Waals surface area (Å²) in [6.07, 6.45) is 5.71. The lowest BCUT2D eigenvalue weighted by molar-refractivity contribution is -0.123. The van der Waals surface area contributed by atoms with Gasteiger partial charge in [0.15, 0.2) is 0 Å². The van der Waals surface area contributed by atoms with E-state index in [-0.39, 0.29) is 19.2 Å². The Balaban J connectivity index is 0.00000441. The molecule has 8 heteroatoms. The van der Waals surface area contributed by atoms with Gasteiger partial charge in [0.1, 0.15) is 11.8 Å². The highest BCUT2D eigenvalue weighted by Crippen LogP contribution is 2.25. The predicted molar refractivity (Wildman–Crippen MR) is 160 cm³/mol. The van der Waals surface area contributed by atoms with E-state index in [4.69, 9.17) is 4.74 Å². The second-order valence-corrected chi connectivity index (χ2v) is 11.3. The van der Waals surface area contributed by atoms with E-state index in [0.717, 1.165) is 56.1 Å². The quantitative estimate of drug-likeness (QED) is 0.349. The third-order valence-electron chi connectivity index (χ3n) is 7.54. The van der Waals surface area contributed by atoms with Crippen LogP contribution < -0.4 is 25.6 Å². The Bertz CT molecular complexity index is 1050. The molecule has 1 atom stereocenters. The molecule has 2 aliphatic rings. The predicted octanol–water partition coefficient (Wildman–Crippen LogP) is 4.38. The van der Waals surface area contributed by atoms with Gasteiger partial charge in [-0.2, -0.15) is 0 Å². The van der Waals surface area contributed by atoms with Crippen molar-refractivity contribution < 1.29 is 15.8 Å². The third-order valence-corrected chi connectivity index (χ3v) is 7.54. The van der Waals surface area contributed by atoms with E-state index in [2.05, 4.69) is 46.6 Å². The number of benzene rings is 2. The normalized spacial score (nSPS) is 17.2. The zero-order valence-corrected chi connectivity index (χ0v) is 23.7. The average Bonchev–Trinajstić information content (AvgIpc) is 3.45. The van der Waals surface area contributed by atoms with E-state index in [0.29, 0.717) is 31.2 Å². The summed E-state index contributed by atoms with van der Waals surface area (Å²) in [6, 6.07) is 15.1. The summed E-state index contributed by atoms with van der Waals surface area (Å²) in [5, 5.41) is 9.27. The minimum absolute atomic E-state index is 0. The molecule has 1 heterocycles. The number of anilines is 2. The molecule has 214 valence electrons. The fourth-order valence-corrected chi connectivity index (χ4v) is 5.20. The number of hydrogen-bond donors (Lipinski definition) is 3. The number of likely N-dealkylation sites (N-methyl/N-ethyl adjacent to an activating group) is 1. The van der Waals surface area contributed by atoms with Crippen molar-refractivity contribution in [1.82, 2.24) is 15.5 Å². The van der Waals surface area contributed by atoms with Crippen LogP contribution in [0.1, 0.15) is 57.7 Å². The Kier molecular flexibility index (Phi) is 10.5. The Morgan fingerprint density at radius 3 is 2.26 bits per heavy atom. The number of piperazine rings is 1. The topological polar surface area (TPSA) is 85.9 Å². The molecule has 0 spiro atoms. The first-order chi connectivity index (χ1) is 18.9. The summed E-state index contributed by atoms with van der Waals surface area (Å²) in [4.78, 5) is 30.6. The minimum Gasteiger partial charge on any atom is -0.490 e. The maximum atomic E-state index is 13.0. The smallest absolute Gasteiger partial charge is 0.251 e. The van der Waals surface area contributed by atoms with Crippen LogP contribution in [-0.2, 0) is 4.79 Å². The van der Waals surface area contributed by atoms with E-state index in [9.17, 15) is 9.59 Å². The molecule has 8 nitrogen and oxygen atoms in total. The largest absolute Gasteiger partial charge is 0.490 e. The number of carbonyl (C=O) groups excluding carboxylic acids is 2. The van der Waals surface area contributed by atoms with Gasteiger partial charge in [0.2, 0.25) is 5.91 Å². The van der Waals surface area contributed by atoms with Crippen molar-refractivity contribution in [3.05, 3.63) is 54.1 Å². The van der Waals surface area contributed by atoms with Gasteiger partial charge in [0.05, 0.1) is 6.10 Å². The molecule has 0 unspecified atom stereocenters. The second kappa shape index (κ2) is 14.2. The lowest BCUT2D eigenvalue weighted by Crippen LogP contribution is -2.48. The second-order valence-electron chi connectivity index (χ2n) is 11.3. The number of rotatable bonds is 12. The zero-order valence-electron chi connectivity index (χ0n) is 23.7. The molecule has 2 aromatic carbocycles. The van der Waals surface area contributed by atoms with E-state index in [1.54, 1.807) is 0 Å². The first kappa shape index (κ1) is 28.7. The molecule has 2 aromatic rings. The number of nitrogens with one attached hydrogen (secondary N) is 3. The number of carbonyl (C=O) groups is 2. The maximum absolute atomic E-state index is 13.0. The molecule has 1 saturated heterocycles. The molecule has 0 aromatic heterocycles. The standard InChI is InChI=1S/C31H45N5O3.H2/c1-23(2)22-29(34-30(37)24-8-12-26(13-9-24)36-20-18-35(3)19-21-36)31(38)33-17-16-32-25-10-14-28(15-11-25)39-27-6-4-5-7-27;/h8-15,23,27,29,32H,4-7,16-22H2,1-3H3,(H,33,38)(H,34,37);1H/t29-;/m0./s1. The van der Waals surface area contributed by atoms with Crippen molar-refractivity contribution in [2.24, 2.45) is 5.92 Å². The zero-order chi connectivity index (χ0) is 27.6. The van der Waals surface area contributed by atoms with Gasteiger partial charge in [-0.05, 0) is 93.6 Å². The summed E-state index contributed by atoms with van der Waals surface area (Å²) >= 11 is 0. The molecule has 2 fully saturated rings. The van der Waals surface area contributed by atoms with Gasteiger partial charge < -0.3 is 30.5 Å². The lowest BCUT2D eigenvalue weighted by atomic mass is 10.0. The van der Waals surface area contributed by atoms with Gasteiger partial charge >= 0.3 is 0 Å². The van der Waals surface area contributed by atoms with Gasteiger partial charge in [-0.15, -0.1) is 0 Å². The van der Waals surface area contributed by atoms with Crippen LogP contribution in [-0.4, -0.2) is 75.2 Å². The highest BCUT2D eigenvalue weighted by Gasteiger charge is 2.23. The molecule has 0 radical (unpaired) electrons. The Morgan fingerprint density at radius 1 is 0.949 bits per heavy atom. The minimum atomic E-state index is -0.582. The van der Waals surface area contributed by atoms with Crippen LogP contribution in [0.15, 0.2) is 48.5 Å². The fourth-order valence-electron chi connectivity index (χ4n) is 5.20. The highest BCUT2D eigenvalue weighted by atomic mass is 16.5. The van der Waals surface area contributed by atoms with E-state index < -0.39 is 6.04 Å². The fraction of sp³-hybridized carbons (Fsp3) is 0.548. The summed E-state index contributed by atoms with van der Waals surface area (Å²) in [6.45, 7) is 9.18. The highest BCUT2D eigenvalue weighted by molar-refractivity contribution is 5.97. The maximum Gasteiger partial charge on any atom is 0.251 e. The summed E-state index contributed by atoms with van der Waals surface area (Å²) in [7, 11) is 2.14. The van der Waals surface area contributed by atoms with Crippen LogP contribution >= 0.6 is 0 Å². The number of nitrogens with zero attached hydrogens (tertiary/aromatic N) is 2. The van der Waals surface area contributed by atoms with E-state index >= 15 is 0 Å². The monoisotopic (exact) mass is 537 g/mol. The van der Waals surface area contributed by atoms with Crippen molar-refractivity contribution in [3.63, 3.8) is 0 Å². The first-order valence-electron chi connectivity index (χ1n) is 14.5. The molecule has 39 heavy (non-hydrogen) atoms. The van der Waals surface area contributed by atoms with Crippen LogP contribution in [0.5, 0.6) is 5.75 Å². The number of ether oxygens (including phenoxy) is 1. The molecular weight excluding hydrogens is 490 g/mol. The van der Waals surface area contributed by atoms with E-state index in [1.165, 1.54) is 12.8 Å². The van der Waals surface area contributed by atoms with Crippen molar-refractivity contribution >= 4 is 23.2 Å². The summed E-state index contributed by atoms with van der Waals surface area (Å²) in [5.74, 6) is 0.790. The SMILES string of the molecule is CC(C)C[C@H](NC(=O)c1ccc(N2CCN(C)CC2)cc1)C(=O)NCCNc1ccc(OC2CCCC2)cc1.[HH].